The molecule has 20 heavy (non-hydrogen) atoms. The monoisotopic (exact) mass is 277 g/mol. The number of ether oxygens (including phenoxy) is 2. The van der Waals surface area contributed by atoms with E-state index < -0.39 is 0 Å². The molecule has 0 saturated heterocycles. The Hall–Kier alpha value is -1.06. The third kappa shape index (κ3) is 4.22. The molecule has 2 unspecified atom stereocenters. The van der Waals surface area contributed by atoms with Gasteiger partial charge in [0.25, 0.3) is 0 Å². The molecule has 3 nitrogen and oxygen atoms in total. The van der Waals surface area contributed by atoms with E-state index in [-0.39, 0.29) is 0 Å². The van der Waals surface area contributed by atoms with Crippen molar-refractivity contribution >= 4 is 0 Å². The van der Waals surface area contributed by atoms with Gasteiger partial charge in [-0.2, -0.15) is 0 Å². The van der Waals surface area contributed by atoms with Crippen molar-refractivity contribution in [1.29, 1.82) is 0 Å². The molecule has 0 amide bonds. The van der Waals surface area contributed by atoms with Crippen LogP contribution in [0.5, 0.6) is 5.75 Å². The summed E-state index contributed by atoms with van der Waals surface area (Å²) in [7, 11) is 3.42. The van der Waals surface area contributed by atoms with E-state index in [9.17, 15) is 0 Å². The summed E-state index contributed by atoms with van der Waals surface area (Å²) in [4.78, 5) is 0. The van der Waals surface area contributed by atoms with E-state index in [0.29, 0.717) is 18.7 Å². The lowest BCUT2D eigenvalue weighted by molar-refractivity contribution is 0.181. The van der Waals surface area contributed by atoms with Crippen LogP contribution in [0, 0.1) is 5.92 Å². The van der Waals surface area contributed by atoms with Crippen LogP contribution >= 0.6 is 0 Å². The quantitative estimate of drug-likeness (QED) is 0.786. The molecule has 3 heteroatoms. The van der Waals surface area contributed by atoms with Gasteiger partial charge >= 0.3 is 0 Å². The Labute approximate surface area is 122 Å². The van der Waals surface area contributed by atoms with Crippen LogP contribution < -0.4 is 10.1 Å². The van der Waals surface area contributed by atoms with Crippen LogP contribution in [0.25, 0.3) is 0 Å². The Morgan fingerprint density at radius 2 is 2.00 bits per heavy atom. The van der Waals surface area contributed by atoms with Gasteiger partial charge in [0.1, 0.15) is 5.75 Å². The van der Waals surface area contributed by atoms with Gasteiger partial charge in [0.15, 0.2) is 0 Å². The summed E-state index contributed by atoms with van der Waals surface area (Å²) in [5.74, 6) is 1.86. The van der Waals surface area contributed by atoms with E-state index in [1.165, 1.54) is 24.8 Å². The summed E-state index contributed by atoms with van der Waals surface area (Å²) in [5.41, 5.74) is 2.40. The van der Waals surface area contributed by atoms with Crippen LogP contribution in [0.2, 0.25) is 0 Å². The van der Waals surface area contributed by atoms with Crippen molar-refractivity contribution in [2.24, 2.45) is 5.92 Å². The van der Waals surface area contributed by atoms with Gasteiger partial charge < -0.3 is 14.8 Å². The minimum Gasteiger partial charge on any atom is -0.496 e. The smallest absolute Gasteiger partial charge is 0.124 e. The molecule has 1 aliphatic carbocycles. The van der Waals surface area contributed by atoms with Crippen molar-refractivity contribution in [2.75, 3.05) is 14.2 Å². The molecule has 2 rings (SSSR count). The molecule has 112 valence electrons. The Morgan fingerprint density at radius 1 is 1.25 bits per heavy atom. The standard InChI is InChI=1S/C17H27NO2/c1-12(9-14-5-6-14)18-13(2)15-7-8-17(20-4)16(10-15)11-19-3/h7-8,10,12-14,18H,5-6,9,11H2,1-4H3. The maximum Gasteiger partial charge on any atom is 0.124 e. The van der Waals surface area contributed by atoms with E-state index >= 15 is 0 Å². The Kier molecular flexibility index (Phi) is 5.44. The molecule has 0 aliphatic heterocycles. The zero-order valence-electron chi connectivity index (χ0n) is 13.1. The minimum absolute atomic E-state index is 0.352. The predicted octanol–water partition coefficient (Wildman–Crippen LogP) is 3.68. The maximum absolute atomic E-state index is 5.37. The summed E-state index contributed by atoms with van der Waals surface area (Å²) in [6.07, 6.45) is 4.13. The van der Waals surface area contributed by atoms with Crippen molar-refractivity contribution in [3.8, 4) is 5.75 Å². The molecular weight excluding hydrogens is 250 g/mol. The summed E-state index contributed by atoms with van der Waals surface area (Å²) < 4.78 is 10.6. The zero-order chi connectivity index (χ0) is 14.5. The average Bonchev–Trinajstić information content (AvgIpc) is 3.22. The number of methoxy groups -OCH3 is 2. The van der Waals surface area contributed by atoms with Gasteiger partial charge in [0.05, 0.1) is 13.7 Å². The van der Waals surface area contributed by atoms with Crippen molar-refractivity contribution in [2.45, 2.75) is 51.8 Å². The minimum atomic E-state index is 0.352. The van der Waals surface area contributed by atoms with E-state index in [4.69, 9.17) is 9.47 Å². The molecule has 2 atom stereocenters. The van der Waals surface area contributed by atoms with Gasteiger partial charge in [-0.1, -0.05) is 18.9 Å². The van der Waals surface area contributed by atoms with Crippen LogP contribution in [0.15, 0.2) is 18.2 Å². The number of rotatable bonds is 8. The molecule has 0 bridgehead atoms. The zero-order valence-corrected chi connectivity index (χ0v) is 13.1. The molecule has 1 aliphatic rings. The highest BCUT2D eigenvalue weighted by atomic mass is 16.5. The normalized spacial score (nSPS) is 17.8. The molecule has 1 N–H and O–H groups in total. The lowest BCUT2D eigenvalue weighted by atomic mass is 10.0. The number of benzene rings is 1. The first-order valence-corrected chi connectivity index (χ1v) is 7.55. The average molecular weight is 277 g/mol. The molecule has 1 aromatic rings. The highest BCUT2D eigenvalue weighted by molar-refractivity contribution is 5.38. The highest BCUT2D eigenvalue weighted by Crippen LogP contribution is 2.34. The third-order valence-electron chi connectivity index (χ3n) is 4.02. The van der Waals surface area contributed by atoms with Gasteiger partial charge in [-0.05, 0) is 43.9 Å². The van der Waals surface area contributed by atoms with Gasteiger partial charge in [-0.15, -0.1) is 0 Å². The van der Waals surface area contributed by atoms with Crippen molar-refractivity contribution < 1.29 is 9.47 Å². The first kappa shape index (κ1) is 15.3. The van der Waals surface area contributed by atoms with Crippen LogP contribution in [0.1, 0.15) is 50.3 Å². The Bertz CT molecular complexity index is 429. The molecular formula is C17H27NO2. The van der Waals surface area contributed by atoms with Crippen molar-refractivity contribution in [3.05, 3.63) is 29.3 Å². The van der Waals surface area contributed by atoms with Crippen LogP contribution in [-0.2, 0) is 11.3 Å². The first-order chi connectivity index (χ1) is 9.63. The largest absolute Gasteiger partial charge is 0.496 e. The molecule has 1 aromatic carbocycles. The number of hydrogen-bond donors (Lipinski definition) is 1. The summed E-state index contributed by atoms with van der Waals surface area (Å²) in [5, 5.41) is 3.69. The Morgan fingerprint density at radius 3 is 2.60 bits per heavy atom. The second-order valence-electron chi connectivity index (χ2n) is 5.97. The van der Waals surface area contributed by atoms with Gasteiger partial charge in [0, 0.05) is 24.8 Å². The number of nitrogens with one attached hydrogen (secondary N) is 1. The van der Waals surface area contributed by atoms with Crippen LogP contribution in [0.3, 0.4) is 0 Å². The van der Waals surface area contributed by atoms with E-state index in [0.717, 1.165) is 17.2 Å². The predicted molar refractivity (Wildman–Crippen MR) is 82.1 cm³/mol. The molecule has 1 saturated carbocycles. The fourth-order valence-electron chi connectivity index (χ4n) is 2.78. The lowest BCUT2D eigenvalue weighted by Crippen LogP contribution is -2.29. The van der Waals surface area contributed by atoms with E-state index in [1.54, 1.807) is 14.2 Å². The van der Waals surface area contributed by atoms with E-state index in [1.807, 2.05) is 6.07 Å². The molecule has 1 fully saturated rings. The fourth-order valence-corrected chi connectivity index (χ4v) is 2.78. The Balaban J connectivity index is 2.00. The van der Waals surface area contributed by atoms with Crippen molar-refractivity contribution in [1.82, 2.24) is 5.32 Å². The summed E-state index contributed by atoms with van der Waals surface area (Å²) >= 11 is 0. The SMILES string of the molecule is COCc1cc(C(C)NC(C)CC2CC2)ccc1OC. The van der Waals surface area contributed by atoms with Crippen molar-refractivity contribution in [3.63, 3.8) is 0 Å². The summed E-state index contributed by atoms with van der Waals surface area (Å²) in [6, 6.07) is 7.28. The van der Waals surface area contributed by atoms with Crippen LogP contribution in [-0.4, -0.2) is 20.3 Å². The van der Waals surface area contributed by atoms with Gasteiger partial charge in [-0.25, -0.2) is 0 Å². The second kappa shape index (κ2) is 7.09. The summed E-state index contributed by atoms with van der Waals surface area (Å²) in [6.45, 7) is 5.09. The topological polar surface area (TPSA) is 30.5 Å². The second-order valence-corrected chi connectivity index (χ2v) is 5.97. The third-order valence-corrected chi connectivity index (χ3v) is 4.02. The first-order valence-electron chi connectivity index (χ1n) is 7.55. The lowest BCUT2D eigenvalue weighted by Gasteiger charge is -2.21. The molecule has 0 radical (unpaired) electrons. The molecule has 0 spiro atoms. The van der Waals surface area contributed by atoms with Gasteiger partial charge in [-0.3, -0.25) is 0 Å². The van der Waals surface area contributed by atoms with E-state index in [2.05, 4.69) is 31.3 Å². The molecule has 0 heterocycles. The van der Waals surface area contributed by atoms with Gasteiger partial charge in [0.2, 0.25) is 0 Å². The highest BCUT2D eigenvalue weighted by Gasteiger charge is 2.24. The van der Waals surface area contributed by atoms with Crippen LogP contribution in [0.4, 0.5) is 0 Å². The fraction of sp³-hybridized carbons (Fsp3) is 0.647. The maximum atomic E-state index is 5.37. The number of hydrogen-bond acceptors (Lipinski definition) is 3. The molecule has 0 aromatic heterocycles.